The quantitative estimate of drug-likeness (QED) is 0.674. The zero-order chi connectivity index (χ0) is 21.7. The summed E-state index contributed by atoms with van der Waals surface area (Å²) < 4.78 is 45.1. The molecule has 1 aliphatic rings. The summed E-state index contributed by atoms with van der Waals surface area (Å²) in [6.45, 7) is 6.39. The minimum Gasteiger partial charge on any atom is -0.467 e. The number of nitrogens with one attached hydrogen (secondary N) is 2. The fourth-order valence-corrected chi connectivity index (χ4v) is 3.69. The van der Waals surface area contributed by atoms with Gasteiger partial charge < -0.3 is 20.0 Å². The molecule has 0 saturated carbocycles. The molecule has 1 aliphatic heterocycles. The van der Waals surface area contributed by atoms with Gasteiger partial charge in [0.25, 0.3) is 5.91 Å². The molecule has 0 spiro atoms. The van der Waals surface area contributed by atoms with E-state index >= 15 is 0 Å². The van der Waals surface area contributed by atoms with Crippen LogP contribution in [0.2, 0.25) is 0 Å². The zero-order valence-electron chi connectivity index (χ0n) is 17.3. The highest BCUT2D eigenvalue weighted by Crippen LogP contribution is 2.33. The van der Waals surface area contributed by atoms with Crippen molar-refractivity contribution in [2.45, 2.75) is 45.5 Å². The first-order chi connectivity index (χ1) is 14.3. The Kier molecular flexibility index (Phi) is 7.07. The standard InChI is InChI=1S/C22H28F3N3O2/c1-15(2)14-28(17-5-3-9-26-12-17)21(29)19-8-7-16(22(23,24)25)11-20(19)27-13-18-6-4-10-30-18/h4,6-8,10-11,15,17,26-27H,3,5,9,12-14H2,1-2H3. The monoisotopic (exact) mass is 423 g/mol. The third-order valence-electron chi connectivity index (χ3n) is 5.14. The minimum atomic E-state index is -4.49. The number of piperidine rings is 1. The van der Waals surface area contributed by atoms with Crippen LogP contribution in [-0.4, -0.2) is 36.5 Å². The maximum atomic E-state index is 13.5. The average molecular weight is 423 g/mol. The van der Waals surface area contributed by atoms with Crippen molar-refractivity contribution in [3.05, 3.63) is 53.5 Å². The lowest BCUT2D eigenvalue weighted by atomic mass is 10.0. The molecule has 3 rings (SSSR count). The van der Waals surface area contributed by atoms with Crippen LogP contribution in [0.3, 0.4) is 0 Å². The van der Waals surface area contributed by atoms with Crippen molar-refractivity contribution in [1.29, 1.82) is 0 Å². The number of halogens is 3. The normalized spacial score (nSPS) is 17.2. The molecule has 1 unspecified atom stereocenters. The van der Waals surface area contributed by atoms with Crippen LogP contribution in [-0.2, 0) is 12.7 Å². The molecule has 0 bridgehead atoms. The number of amides is 1. The molecule has 0 radical (unpaired) electrons. The van der Waals surface area contributed by atoms with Gasteiger partial charge >= 0.3 is 6.18 Å². The molecule has 1 fully saturated rings. The third kappa shape index (κ3) is 5.56. The highest BCUT2D eigenvalue weighted by Gasteiger charge is 2.33. The Hall–Kier alpha value is -2.48. The van der Waals surface area contributed by atoms with Crippen LogP contribution in [0.15, 0.2) is 41.0 Å². The Morgan fingerprint density at radius 3 is 2.73 bits per heavy atom. The maximum Gasteiger partial charge on any atom is 0.416 e. The number of hydrogen-bond donors (Lipinski definition) is 2. The van der Waals surface area contributed by atoms with E-state index in [1.165, 1.54) is 12.3 Å². The van der Waals surface area contributed by atoms with E-state index in [0.717, 1.165) is 31.5 Å². The predicted octanol–water partition coefficient (Wildman–Crippen LogP) is 4.76. The van der Waals surface area contributed by atoms with Gasteiger partial charge in [-0.3, -0.25) is 4.79 Å². The molecule has 2 aromatic rings. The number of rotatable bonds is 7. The molecule has 2 N–H and O–H groups in total. The van der Waals surface area contributed by atoms with Crippen LogP contribution in [0, 0.1) is 5.92 Å². The minimum absolute atomic E-state index is 0.0221. The van der Waals surface area contributed by atoms with E-state index in [0.29, 0.717) is 18.8 Å². The molecule has 1 aromatic heterocycles. The lowest BCUT2D eigenvalue weighted by Gasteiger charge is -2.36. The second-order valence-corrected chi connectivity index (χ2v) is 8.04. The number of furan rings is 1. The maximum absolute atomic E-state index is 13.5. The molecule has 1 aromatic carbocycles. The van der Waals surface area contributed by atoms with Crippen LogP contribution in [0.25, 0.3) is 0 Å². The molecule has 1 amide bonds. The van der Waals surface area contributed by atoms with Gasteiger partial charge in [0.15, 0.2) is 0 Å². The van der Waals surface area contributed by atoms with Gasteiger partial charge in [0, 0.05) is 24.8 Å². The molecule has 1 atom stereocenters. The van der Waals surface area contributed by atoms with E-state index in [-0.39, 0.29) is 35.7 Å². The van der Waals surface area contributed by atoms with Gasteiger partial charge in [-0.25, -0.2) is 0 Å². The largest absolute Gasteiger partial charge is 0.467 e. The van der Waals surface area contributed by atoms with Crippen LogP contribution in [0.5, 0.6) is 0 Å². The summed E-state index contributed by atoms with van der Waals surface area (Å²) in [5, 5.41) is 6.27. The second kappa shape index (κ2) is 9.55. The molecule has 8 heteroatoms. The van der Waals surface area contributed by atoms with Crippen molar-refractivity contribution in [3.63, 3.8) is 0 Å². The lowest BCUT2D eigenvalue weighted by Crippen LogP contribution is -2.50. The Balaban J connectivity index is 1.92. The highest BCUT2D eigenvalue weighted by molar-refractivity contribution is 6.00. The summed E-state index contributed by atoms with van der Waals surface area (Å²) in [4.78, 5) is 15.3. The van der Waals surface area contributed by atoms with E-state index in [9.17, 15) is 18.0 Å². The summed E-state index contributed by atoms with van der Waals surface area (Å²) >= 11 is 0. The smallest absolute Gasteiger partial charge is 0.416 e. The van der Waals surface area contributed by atoms with Crippen LogP contribution in [0.1, 0.15) is 48.4 Å². The lowest BCUT2D eigenvalue weighted by molar-refractivity contribution is -0.137. The molecule has 5 nitrogen and oxygen atoms in total. The number of alkyl halides is 3. The van der Waals surface area contributed by atoms with Crippen molar-refractivity contribution >= 4 is 11.6 Å². The number of anilines is 1. The van der Waals surface area contributed by atoms with E-state index in [1.54, 1.807) is 17.0 Å². The number of carbonyl (C=O) groups excluding carboxylic acids is 1. The van der Waals surface area contributed by atoms with Crippen molar-refractivity contribution < 1.29 is 22.4 Å². The Labute approximate surface area is 174 Å². The van der Waals surface area contributed by atoms with E-state index < -0.39 is 11.7 Å². The summed E-state index contributed by atoms with van der Waals surface area (Å²) in [6.07, 6.45) is -1.16. The van der Waals surface area contributed by atoms with Gasteiger partial charge in [-0.05, 0) is 55.6 Å². The van der Waals surface area contributed by atoms with Crippen LogP contribution in [0.4, 0.5) is 18.9 Å². The number of benzene rings is 1. The Bertz CT molecular complexity index is 829. The predicted molar refractivity (Wildman–Crippen MR) is 109 cm³/mol. The van der Waals surface area contributed by atoms with Gasteiger partial charge in [0.1, 0.15) is 5.76 Å². The molecular weight excluding hydrogens is 395 g/mol. The molecule has 164 valence electrons. The van der Waals surface area contributed by atoms with Crippen molar-refractivity contribution in [1.82, 2.24) is 10.2 Å². The number of hydrogen-bond acceptors (Lipinski definition) is 4. The zero-order valence-corrected chi connectivity index (χ0v) is 17.3. The van der Waals surface area contributed by atoms with Crippen LogP contribution < -0.4 is 10.6 Å². The first kappa shape index (κ1) is 22.2. The Morgan fingerprint density at radius 1 is 1.33 bits per heavy atom. The van der Waals surface area contributed by atoms with Crippen molar-refractivity contribution in [2.75, 3.05) is 25.0 Å². The fraction of sp³-hybridized carbons (Fsp3) is 0.500. The molecule has 2 heterocycles. The highest BCUT2D eigenvalue weighted by atomic mass is 19.4. The Morgan fingerprint density at radius 2 is 2.13 bits per heavy atom. The van der Waals surface area contributed by atoms with Gasteiger partial charge in [0.2, 0.25) is 0 Å². The van der Waals surface area contributed by atoms with E-state index in [1.807, 2.05) is 13.8 Å². The molecular formula is C22H28F3N3O2. The van der Waals surface area contributed by atoms with Gasteiger partial charge in [-0.1, -0.05) is 13.8 Å². The topological polar surface area (TPSA) is 57.5 Å². The first-order valence-corrected chi connectivity index (χ1v) is 10.2. The number of nitrogens with zero attached hydrogens (tertiary/aromatic N) is 1. The second-order valence-electron chi connectivity index (χ2n) is 8.04. The van der Waals surface area contributed by atoms with E-state index in [2.05, 4.69) is 10.6 Å². The SMILES string of the molecule is CC(C)CN(C(=O)c1ccc(C(F)(F)F)cc1NCc1ccco1)C1CCCNC1. The van der Waals surface area contributed by atoms with Crippen molar-refractivity contribution in [3.8, 4) is 0 Å². The fourth-order valence-electron chi connectivity index (χ4n) is 3.69. The summed E-state index contributed by atoms with van der Waals surface area (Å²) in [5.41, 5.74) is -0.403. The molecule has 1 saturated heterocycles. The van der Waals surface area contributed by atoms with Crippen molar-refractivity contribution in [2.24, 2.45) is 5.92 Å². The van der Waals surface area contributed by atoms with E-state index in [4.69, 9.17) is 4.42 Å². The average Bonchev–Trinajstić information content (AvgIpc) is 3.23. The summed E-state index contributed by atoms with van der Waals surface area (Å²) in [5.74, 6) is 0.555. The summed E-state index contributed by atoms with van der Waals surface area (Å²) in [6, 6.07) is 6.70. The number of carbonyl (C=O) groups is 1. The molecule has 0 aliphatic carbocycles. The van der Waals surface area contributed by atoms with Gasteiger partial charge in [-0.15, -0.1) is 0 Å². The third-order valence-corrected chi connectivity index (χ3v) is 5.14. The first-order valence-electron chi connectivity index (χ1n) is 10.2. The van der Waals surface area contributed by atoms with Gasteiger partial charge in [-0.2, -0.15) is 13.2 Å². The van der Waals surface area contributed by atoms with Gasteiger partial charge in [0.05, 0.1) is 23.9 Å². The molecule has 30 heavy (non-hydrogen) atoms. The summed E-state index contributed by atoms with van der Waals surface area (Å²) in [7, 11) is 0. The van der Waals surface area contributed by atoms with Crippen LogP contribution >= 0.6 is 0 Å².